The number of ketones is 1. The Morgan fingerprint density at radius 3 is 2.71 bits per heavy atom. The Balaban J connectivity index is 1.73. The van der Waals surface area contributed by atoms with Gasteiger partial charge in [0.2, 0.25) is 0 Å². The van der Waals surface area contributed by atoms with E-state index < -0.39 is 0 Å². The quantitative estimate of drug-likeness (QED) is 0.800. The Bertz CT molecular complexity index is 532. The van der Waals surface area contributed by atoms with Gasteiger partial charge in [-0.05, 0) is 38.9 Å². The Labute approximate surface area is 131 Å². The molecule has 0 aromatic carbocycles. The van der Waals surface area contributed by atoms with Gasteiger partial charge in [0.25, 0.3) is 0 Å². The Kier molecular flexibility index (Phi) is 4.09. The zero-order chi connectivity index (χ0) is 15.0. The first-order valence-corrected chi connectivity index (χ1v) is 7.97. The molecule has 0 aromatic heterocycles. The molecule has 3 aliphatic rings. The lowest BCUT2D eigenvalue weighted by Crippen LogP contribution is -2.39. The highest BCUT2D eigenvalue weighted by Crippen LogP contribution is 2.33. The first kappa shape index (κ1) is 14.7. The molecule has 3 heterocycles. The second-order valence-electron chi connectivity index (χ2n) is 6.09. The van der Waals surface area contributed by atoms with Gasteiger partial charge in [-0.15, -0.1) is 0 Å². The first-order valence-electron chi connectivity index (χ1n) is 7.59. The van der Waals surface area contributed by atoms with Crippen LogP contribution in [0.4, 0.5) is 0 Å². The van der Waals surface area contributed by atoms with E-state index in [-0.39, 0.29) is 11.9 Å². The van der Waals surface area contributed by atoms with Crippen molar-refractivity contribution in [2.24, 2.45) is 0 Å². The number of carbonyl (C=O) groups excluding carboxylic acids is 1. The highest BCUT2D eigenvalue weighted by molar-refractivity contribution is 6.31. The van der Waals surface area contributed by atoms with Crippen LogP contribution in [-0.2, 0) is 4.79 Å². The van der Waals surface area contributed by atoms with Crippen LogP contribution in [0.3, 0.4) is 0 Å². The summed E-state index contributed by atoms with van der Waals surface area (Å²) in [5.74, 6) is 0.163. The maximum atomic E-state index is 12.5. The zero-order valence-electron chi connectivity index (χ0n) is 12.7. The SMILES string of the molecule is CC1=CN(C)C2C(Cl)=CC(C(=O)CN3CCCCC3)=CN12. The van der Waals surface area contributed by atoms with E-state index in [0.717, 1.165) is 18.8 Å². The van der Waals surface area contributed by atoms with Crippen LogP contribution in [0.5, 0.6) is 0 Å². The minimum atomic E-state index is 0.0122. The third kappa shape index (κ3) is 2.87. The lowest BCUT2D eigenvalue weighted by Gasteiger charge is -2.33. The zero-order valence-corrected chi connectivity index (χ0v) is 13.4. The van der Waals surface area contributed by atoms with Crippen molar-refractivity contribution in [3.05, 3.63) is 34.8 Å². The summed E-state index contributed by atoms with van der Waals surface area (Å²) < 4.78 is 0. The molecule has 0 bridgehead atoms. The second kappa shape index (κ2) is 5.85. The maximum Gasteiger partial charge on any atom is 0.178 e. The molecule has 5 heteroatoms. The molecule has 1 atom stereocenters. The van der Waals surface area contributed by atoms with Crippen LogP contribution in [0, 0.1) is 0 Å². The molecule has 0 amide bonds. The summed E-state index contributed by atoms with van der Waals surface area (Å²) in [7, 11) is 2.00. The van der Waals surface area contributed by atoms with Gasteiger partial charge in [-0.2, -0.15) is 0 Å². The molecule has 1 fully saturated rings. The van der Waals surface area contributed by atoms with Crippen molar-refractivity contribution in [2.75, 3.05) is 26.7 Å². The smallest absolute Gasteiger partial charge is 0.178 e. The molecule has 114 valence electrons. The van der Waals surface area contributed by atoms with Crippen LogP contribution in [0.1, 0.15) is 26.2 Å². The van der Waals surface area contributed by atoms with E-state index in [1.54, 1.807) is 0 Å². The summed E-state index contributed by atoms with van der Waals surface area (Å²) in [6, 6.07) is 0. The van der Waals surface area contributed by atoms with Gasteiger partial charge in [0.15, 0.2) is 5.78 Å². The fourth-order valence-electron chi connectivity index (χ4n) is 3.30. The molecule has 0 aromatic rings. The van der Waals surface area contributed by atoms with Gasteiger partial charge in [-0.3, -0.25) is 9.69 Å². The number of Topliss-reactive ketones (excluding diaryl/α,β-unsaturated/α-hetero) is 1. The number of fused-ring (bicyclic) bond motifs is 1. The van der Waals surface area contributed by atoms with Gasteiger partial charge in [-0.1, -0.05) is 18.0 Å². The van der Waals surface area contributed by atoms with Gasteiger partial charge in [0, 0.05) is 30.7 Å². The topological polar surface area (TPSA) is 26.8 Å². The average Bonchev–Trinajstić information content (AvgIpc) is 2.75. The second-order valence-corrected chi connectivity index (χ2v) is 6.53. The number of piperidine rings is 1. The largest absolute Gasteiger partial charge is 0.354 e. The van der Waals surface area contributed by atoms with Crippen molar-refractivity contribution in [1.82, 2.24) is 14.7 Å². The van der Waals surface area contributed by atoms with E-state index >= 15 is 0 Å². The number of likely N-dealkylation sites (N-methyl/N-ethyl adjacent to an activating group) is 1. The maximum absolute atomic E-state index is 12.5. The van der Waals surface area contributed by atoms with E-state index in [1.807, 2.05) is 26.2 Å². The molecule has 0 saturated carbocycles. The van der Waals surface area contributed by atoms with Gasteiger partial charge < -0.3 is 9.80 Å². The lowest BCUT2D eigenvalue weighted by atomic mass is 10.1. The van der Waals surface area contributed by atoms with Gasteiger partial charge in [-0.25, -0.2) is 0 Å². The minimum absolute atomic E-state index is 0.0122. The molecule has 3 rings (SSSR count). The third-order valence-electron chi connectivity index (χ3n) is 4.40. The molecular formula is C16H22ClN3O. The third-order valence-corrected chi connectivity index (χ3v) is 4.71. The van der Waals surface area contributed by atoms with E-state index in [2.05, 4.69) is 20.9 Å². The van der Waals surface area contributed by atoms with E-state index in [9.17, 15) is 4.79 Å². The summed E-state index contributed by atoms with van der Waals surface area (Å²) in [6.45, 7) is 4.60. The van der Waals surface area contributed by atoms with Crippen LogP contribution in [0.25, 0.3) is 0 Å². The number of likely N-dealkylation sites (tertiary alicyclic amines) is 1. The highest BCUT2D eigenvalue weighted by Gasteiger charge is 2.33. The monoisotopic (exact) mass is 307 g/mol. The average molecular weight is 308 g/mol. The van der Waals surface area contributed by atoms with Crippen molar-refractivity contribution in [1.29, 1.82) is 0 Å². The van der Waals surface area contributed by atoms with Crippen LogP contribution >= 0.6 is 11.6 Å². The van der Waals surface area contributed by atoms with Crippen molar-refractivity contribution in [3.63, 3.8) is 0 Å². The number of halogens is 1. The fourth-order valence-corrected chi connectivity index (χ4v) is 3.67. The molecule has 0 aliphatic carbocycles. The lowest BCUT2D eigenvalue weighted by molar-refractivity contribution is -0.116. The number of allylic oxidation sites excluding steroid dienone is 2. The van der Waals surface area contributed by atoms with Crippen molar-refractivity contribution in [3.8, 4) is 0 Å². The highest BCUT2D eigenvalue weighted by atomic mass is 35.5. The molecule has 1 saturated heterocycles. The summed E-state index contributed by atoms with van der Waals surface area (Å²) in [6.07, 6.45) is 9.52. The minimum Gasteiger partial charge on any atom is -0.354 e. The predicted octanol–water partition coefficient (Wildman–Crippen LogP) is 2.50. The van der Waals surface area contributed by atoms with Gasteiger partial charge in [0.05, 0.1) is 11.6 Å². The fraction of sp³-hybridized carbons (Fsp3) is 0.562. The molecule has 0 N–H and O–H groups in total. The molecule has 1 unspecified atom stereocenters. The number of hydrogen-bond acceptors (Lipinski definition) is 4. The van der Waals surface area contributed by atoms with E-state index in [4.69, 9.17) is 11.6 Å². The molecular weight excluding hydrogens is 286 g/mol. The van der Waals surface area contributed by atoms with E-state index in [1.165, 1.54) is 19.3 Å². The standard InChI is InChI=1S/C16H22ClN3O/c1-12-9-18(2)16-14(17)8-13(10-20(12)16)15(21)11-19-6-4-3-5-7-19/h8-10,16H,3-7,11H2,1-2H3. The normalized spacial score (nSPS) is 26.2. The van der Waals surface area contributed by atoms with Crippen LogP contribution < -0.4 is 0 Å². The Morgan fingerprint density at radius 2 is 2.00 bits per heavy atom. The first-order chi connectivity index (χ1) is 10.1. The molecule has 4 nitrogen and oxygen atoms in total. The summed E-state index contributed by atoms with van der Waals surface area (Å²) >= 11 is 6.40. The number of hydrogen-bond donors (Lipinski definition) is 0. The Morgan fingerprint density at radius 1 is 1.29 bits per heavy atom. The predicted molar refractivity (Wildman–Crippen MR) is 84.5 cm³/mol. The summed E-state index contributed by atoms with van der Waals surface area (Å²) in [5, 5.41) is 0.704. The van der Waals surface area contributed by atoms with Crippen LogP contribution in [-0.4, -0.2) is 53.3 Å². The van der Waals surface area contributed by atoms with Crippen LogP contribution in [0.2, 0.25) is 0 Å². The van der Waals surface area contributed by atoms with Gasteiger partial charge in [0.1, 0.15) is 6.17 Å². The van der Waals surface area contributed by atoms with Crippen molar-refractivity contribution >= 4 is 17.4 Å². The Hall–Kier alpha value is -1.26. The van der Waals surface area contributed by atoms with Crippen LogP contribution in [0.15, 0.2) is 34.8 Å². The molecule has 3 aliphatic heterocycles. The van der Waals surface area contributed by atoms with Gasteiger partial charge >= 0.3 is 0 Å². The van der Waals surface area contributed by atoms with E-state index in [0.29, 0.717) is 17.2 Å². The molecule has 0 spiro atoms. The summed E-state index contributed by atoms with van der Waals surface area (Å²) in [4.78, 5) is 18.9. The van der Waals surface area contributed by atoms with Crippen molar-refractivity contribution < 1.29 is 4.79 Å². The number of rotatable bonds is 3. The molecule has 0 radical (unpaired) electrons. The number of carbonyl (C=O) groups is 1. The molecule has 21 heavy (non-hydrogen) atoms. The van der Waals surface area contributed by atoms with Crippen molar-refractivity contribution in [2.45, 2.75) is 32.4 Å². The number of nitrogens with zero attached hydrogens (tertiary/aromatic N) is 3. The summed E-state index contributed by atoms with van der Waals surface area (Å²) in [5.41, 5.74) is 1.82.